The fraction of sp³-hybridized carbons (Fsp3) is 0.417. The van der Waals surface area contributed by atoms with Gasteiger partial charge in [-0.25, -0.2) is 4.79 Å². The third-order valence-electron chi connectivity index (χ3n) is 2.47. The first-order chi connectivity index (χ1) is 7.79. The van der Waals surface area contributed by atoms with E-state index in [4.69, 9.17) is 9.47 Å². The van der Waals surface area contributed by atoms with E-state index >= 15 is 0 Å². The number of benzene rings is 1. The molecule has 0 radical (unpaired) electrons. The van der Waals surface area contributed by atoms with Crippen LogP contribution in [0.4, 0.5) is 0 Å². The first kappa shape index (κ1) is 11.0. The van der Waals surface area contributed by atoms with Crippen molar-refractivity contribution in [1.29, 1.82) is 0 Å². The van der Waals surface area contributed by atoms with E-state index < -0.39 is 0 Å². The minimum atomic E-state index is -0.334. The predicted octanol–water partition coefficient (Wildman–Crippen LogP) is 1.50. The lowest BCUT2D eigenvalue weighted by Gasteiger charge is -2.25. The quantitative estimate of drug-likeness (QED) is 0.724. The third-order valence-corrected chi connectivity index (χ3v) is 2.47. The van der Waals surface area contributed by atoms with Crippen LogP contribution in [0.15, 0.2) is 24.3 Å². The maximum atomic E-state index is 11.2. The summed E-state index contributed by atoms with van der Waals surface area (Å²) in [5, 5.41) is 0. The fourth-order valence-corrected chi connectivity index (χ4v) is 1.40. The first-order valence-electron chi connectivity index (χ1n) is 5.18. The van der Waals surface area contributed by atoms with E-state index in [-0.39, 0.29) is 5.97 Å². The van der Waals surface area contributed by atoms with Gasteiger partial charge in [-0.3, -0.25) is 0 Å². The Labute approximate surface area is 94.1 Å². The molecule has 2 rings (SSSR count). The van der Waals surface area contributed by atoms with Gasteiger partial charge in [-0.05, 0) is 24.3 Å². The summed E-state index contributed by atoms with van der Waals surface area (Å²) in [6.45, 7) is 2.22. The number of hydrogen-bond acceptors (Lipinski definition) is 4. The van der Waals surface area contributed by atoms with Crippen molar-refractivity contribution in [3.8, 4) is 5.75 Å². The van der Waals surface area contributed by atoms with Crippen molar-refractivity contribution >= 4 is 5.97 Å². The Hall–Kier alpha value is -1.55. The Morgan fingerprint density at radius 1 is 1.38 bits per heavy atom. The van der Waals surface area contributed by atoms with Gasteiger partial charge in [-0.15, -0.1) is 0 Å². The molecule has 0 aromatic heterocycles. The van der Waals surface area contributed by atoms with Crippen LogP contribution in [0.1, 0.15) is 10.4 Å². The molecule has 4 nitrogen and oxygen atoms in total. The van der Waals surface area contributed by atoms with Crippen LogP contribution in [0.5, 0.6) is 5.75 Å². The largest absolute Gasteiger partial charge is 0.493 e. The molecule has 1 heterocycles. The normalized spacial score (nSPS) is 15.3. The highest BCUT2D eigenvalue weighted by Gasteiger charge is 2.18. The van der Waals surface area contributed by atoms with E-state index in [0.29, 0.717) is 18.1 Å². The molecule has 1 fully saturated rings. The smallest absolute Gasteiger partial charge is 0.337 e. The summed E-state index contributed by atoms with van der Waals surface area (Å²) in [6.07, 6.45) is 0. The molecule has 0 saturated carbocycles. The molecule has 0 aliphatic carbocycles. The molecule has 1 aromatic rings. The van der Waals surface area contributed by atoms with Crippen molar-refractivity contribution in [3.05, 3.63) is 29.8 Å². The summed E-state index contributed by atoms with van der Waals surface area (Å²) in [4.78, 5) is 11.2. The molecule has 1 aromatic carbocycles. The lowest BCUT2D eigenvalue weighted by molar-refractivity contribution is -0.0508. The maximum absolute atomic E-state index is 11.2. The number of methoxy groups -OCH3 is 1. The number of carbonyl (C=O) groups is 1. The number of carbonyl (C=O) groups excluding carboxylic acids is 1. The van der Waals surface area contributed by atoms with Crippen molar-refractivity contribution in [1.82, 2.24) is 0 Å². The number of esters is 1. The van der Waals surface area contributed by atoms with Crippen molar-refractivity contribution in [2.45, 2.75) is 0 Å². The van der Waals surface area contributed by atoms with Gasteiger partial charge in [0, 0.05) is 5.92 Å². The van der Waals surface area contributed by atoms with Gasteiger partial charge in [-0.1, -0.05) is 0 Å². The molecule has 86 valence electrons. The number of ether oxygens (including phenoxy) is 3. The lowest BCUT2D eigenvalue weighted by Crippen LogP contribution is -2.32. The van der Waals surface area contributed by atoms with Gasteiger partial charge in [0.25, 0.3) is 0 Å². The summed E-state index contributed by atoms with van der Waals surface area (Å²) in [5.74, 6) is 0.929. The van der Waals surface area contributed by atoms with Crippen LogP contribution < -0.4 is 4.74 Å². The van der Waals surface area contributed by atoms with Gasteiger partial charge in [-0.2, -0.15) is 0 Å². The molecule has 16 heavy (non-hydrogen) atoms. The van der Waals surface area contributed by atoms with Crippen LogP contribution in [0.3, 0.4) is 0 Å². The van der Waals surface area contributed by atoms with Gasteiger partial charge in [0.2, 0.25) is 0 Å². The summed E-state index contributed by atoms with van der Waals surface area (Å²) in [5.41, 5.74) is 0.529. The van der Waals surface area contributed by atoms with Crippen LogP contribution >= 0.6 is 0 Å². The van der Waals surface area contributed by atoms with E-state index in [1.165, 1.54) is 7.11 Å². The average molecular weight is 222 g/mol. The Kier molecular flexibility index (Phi) is 3.41. The van der Waals surface area contributed by atoms with Crippen LogP contribution in [-0.4, -0.2) is 32.9 Å². The molecule has 0 amide bonds. The summed E-state index contributed by atoms with van der Waals surface area (Å²) < 4.78 is 15.2. The van der Waals surface area contributed by atoms with Gasteiger partial charge in [0.1, 0.15) is 5.75 Å². The summed E-state index contributed by atoms with van der Waals surface area (Å²) >= 11 is 0. The van der Waals surface area contributed by atoms with E-state index in [1.54, 1.807) is 24.3 Å². The molecular formula is C12H14O4. The van der Waals surface area contributed by atoms with E-state index in [9.17, 15) is 4.79 Å². The highest BCUT2D eigenvalue weighted by atomic mass is 16.5. The Balaban J connectivity index is 1.88. The molecule has 0 N–H and O–H groups in total. The second-order valence-electron chi connectivity index (χ2n) is 3.73. The van der Waals surface area contributed by atoms with Crippen LogP contribution in [-0.2, 0) is 9.47 Å². The first-order valence-corrected chi connectivity index (χ1v) is 5.18. The van der Waals surface area contributed by atoms with Crippen molar-refractivity contribution in [3.63, 3.8) is 0 Å². The van der Waals surface area contributed by atoms with Crippen LogP contribution in [0, 0.1) is 5.92 Å². The second-order valence-corrected chi connectivity index (χ2v) is 3.73. The second kappa shape index (κ2) is 4.99. The minimum Gasteiger partial charge on any atom is -0.493 e. The maximum Gasteiger partial charge on any atom is 0.337 e. The highest BCUT2D eigenvalue weighted by Crippen LogP contribution is 2.16. The zero-order valence-corrected chi connectivity index (χ0v) is 9.14. The highest BCUT2D eigenvalue weighted by molar-refractivity contribution is 5.89. The average Bonchev–Trinajstić information content (AvgIpc) is 2.27. The van der Waals surface area contributed by atoms with Crippen molar-refractivity contribution in [2.75, 3.05) is 26.9 Å². The molecule has 0 atom stereocenters. The predicted molar refractivity (Wildman–Crippen MR) is 57.6 cm³/mol. The van der Waals surface area contributed by atoms with Crippen molar-refractivity contribution in [2.24, 2.45) is 5.92 Å². The zero-order chi connectivity index (χ0) is 11.4. The molecule has 1 saturated heterocycles. The van der Waals surface area contributed by atoms with Crippen LogP contribution in [0.25, 0.3) is 0 Å². The van der Waals surface area contributed by atoms with Gasteiger partial charge in [0.05, 0.1) is 32.5 Å². The monoisotopic (exact) mass is 222 g/mol. The molecule has 1 aliphatic rings. The van der Waals surface area contributed by atoms with E-state index in [1.807, 2.05) is 0 Å². The Morgan fingerprint density at radius 3 is 2.56 bits per heavy atom. The molecule has 1 aliphatic heterocycles. The van der Waals surface area contributed by atoms with Crippen LogP contribution in [0.2, 0.25) is 0 Å². The Bertz CT molecular complexity index is 354. The zero-order valence-electron chi connectivity index (χ0n) is 9.14. The molecule has 0 unspecified atom stereocenters. The molecule has 0 bridgehead atoms. The summed E-state index contributed by atoms with van der Waals surface area (Å²) in [7, 11) is 1.36. The molecule has 4 heteroatoms. The van der Waals surface area contributed by atoms with E-state index in [2.05, 4.69) is 4.74 Å². The third kappa shape index (κ3) is 2.52. The molecule has 0 spiro atoms. The minimum absolute atomic E-state index is 0.334. The standard InChI is InChI=1S/C12H14O4/c1-14-12(13)10-2-4-11(5-3-10)16-8-9-6-15-7-9/h2-5,9H,6-8H2,1H3. The number of rotatable bonds is 4. The van der Waals surface area contributed by atoms with Gasteiger partial charge >= 0.3 is 5.97 Å². The summed E-state index contributed by atoms with van der Waals surface area (Å²) in [6, 6.07) is 6.93. The number of hydrogen-bond donors (Lipinski definition) is 0. The van der Waals surface area contributed by atoms with E-state index in [0.717, 1.165) is 19.0 Å². The fourth-order valence-electron chi connectivity index (χ4n) is 1.40. The SMILES string of the molecule is COC(=O)c1ccc(OCC2COC2)cc1. The lowest BCUT2D eigenvalue weighted by atomic mass is 10.1. The molecular weight excluding hydrogens is 208 g/mol. The topological polar surface area (TPSA) is 44.8 Å². The van der Waals surface area contributed by atoms with Crippen molar-refractivity contribution < 1.29 is 19.0 Å². The Morgan fingerprint density at radius 2 is 2.06 bits per heavy atom. The van der Waals surface area contributed by atoms with Gasteiger partial charge in [0.15, 0.2) is 0 Å². The van der Waals surface area contributed by atoms with Gasteiger partial charge < -0.3 is 14.2 Å².